The SMILES string of the molecule is C=C1[C@H](Cc2ccccn2)[C@@H](C(=O)O)N1C(=O)N[C@H](C)c1ccc2c(c1)OC(F)(F)O2. The highest BCUT2D eigenvalue weighted by atomic mass is 19.3. The van der Waals surface area contributed by atoms with E-state index in [9.17, 15) is 23.5 Å². The van der Waals surface area contributed by atoms with Crippen LogP contribution in [0.4, 0.5) is 13.6 Å². The Bertz CT molecular complexity index is 1050. The lowest BCUT2D eigenvalue weighted by Crippen LogP contribution is -2.63. The molecule has 0 spiro atoms. The predicted octanol–water partition coefficient (Wildman–Crippen LogP) is 3.32. The van der Waals surface area contributed by atoms with Gasteiger partial charge in [-0.3, -0.25) is 9.88 Å². The number of carboxylic acids is 1. The van der Waals surface area contributed by atoms with Gasteiger partial charge < -0.3 is 19.9 Å². The van der Waals surface area contributed by atoms with E-state index in [0.29, 0.717) is 23.4 Å². The summed E-state index contributed by atoms with van der Waals surface area (Å²) in [7, 11) is 0. The molecule has 1 aromatic heterocycles. The van der Waals surface area contributed by atoms with Crippen LogP contribution in [0.25, 0.3) is 0 Å². The van der Waals surface area contributed by atoms with Crippen LogP contribution in [0, 0.1) is 5.92 Å². The van der Waals surface area contributed by atoms with Crippen LogP contribution in [0.15, 0.2) is 54.9 Å². The van der Waals surface area contributed by atoms with E-state index in [1.807, 2.05) is 0 Å². The number of likely N-dealkylation sites (tertiary alicyclic amines) is 1. The summed E-state index contributed by atoms with van der Waals surface area (Å²) in [5.41, 5.74) is 1.55. The van der Waals surface area contributed by atoms with Gasteiger partial charge in [-0.25, -0.2) is 9.59 Å². The van der Waals surface area contributed by atoms with E-state index in [1.54, 1.807) is 31.3 Å². The number of halogens is 2. The molecule has 2 aliphatic rings. The number of rotatable bonds is 5. The monoisotopic (exact) mass is 431 g/mol. The smallest absolute Gasteiger partial charge is 0.480 e. The highest BCUT2D eigenvalue weighted by molar-refractivity contribution is 5.88. The highest BCUT2D eigenvalue weighted by Crippen LogP contribution is 2.42. The molecular formula is C21H19F2N3O5. The van der Waals surface area contributed by atoms with Crippen LogP contribution in [-0.2, 0) is 11.2 Å². The van der Waals surface area contributed by atoms with Crippen molar-refractivity contribution in [2.45, 2.75) is 31.7 Å². The maximum Gasteiger partial charge on any atom is 0.586 e. The predicted molar refractivity (Wildman–Crippen MR) is 103 cm³/mol. The van der Waals surface area contributed by atoms with Crippen LogP contribution >= 0.6 is 0 Å². The van der Waals surface area contributed by atoms with Crippen molar-refractivity contribution in [3.8, 4) is 11.5 Å². The van der Waals surface area contributed by atoms with Crippen LogP contribution < -0.4 is 14.8 Å². The molecule has 1 fully saturated rings. The van der Waals surface area contributed by atoms with Crippen molar-refractivity contribution in [2.24, 2.45) is 5.92 Å². The molecule has 3 heterocycles. The minimum absolute atomic E-state index is 0.105. The van der Waals surface area contributed by atoms with Crippen LogP contribution in [0.1, 0.15) is 24.2 Å². The number of ether oxygens (including phenoxy) is 2. The molecule has 3 atom stereocenters. The molecular weight excluding hydrogens is 412 g/mol. The Labute approximate surface area is 176 Å². The average Bonchev–Trinajstić information content (AvgIpc) is 3.03. The van der Waals surface area contributed by atoms with E-state index in [1.165, 1.54) is 18.2 Å². The second-order valence-electron chi connectivity index (χ2n) is 7.32. The summed E-state index contributed by atoms with van der Waals surface area (Å²) in [5.74, 6) is -1.87. The quantitative estimate of drug-likeness (QED) is 0.753. The maximum atomic E-state index is 13.2. The zero-order chi connectivity index (χ0) is 22.3. The van der Waals surface area contributed by atoms with Crippen molar-refractivity contribution < 1.29 is 33.0 Å². The highest BCUT2D eigenvalue weighted by Gasteiger charge is 2.50. The van der Waals surface area contributed by atoms with Crippen LogP contribution in [-0.4, -0.2) is 39.3 Å². The molecule has 4 rings (SSSR count). The first-order chi connectivity index (χ1) is 14.7. The second kappa shape index (κ2) is 7.53. The molecule has 31 heavy (non-hydrogen) atoms. The van der Waals surface area contributed by atoms with E-state index in [2.05, 4.69) is 26.4 Å². The van der Waals surface area contributed by atoms with Gasteiger partial charge in [0, 0.05) is 29.9 Å². The summed E-state index contributed by atoms with van der Waals surface area (Å²) in [6, 6.07) is 7.15. The number of nitrogens with zero attached hydrogens (tertiary/aromatic N) is 2. The van der Waals surface area contributed by atoms with Crippen LogP contribution in [0.3, 0.4) is 0 Å². The zero-order valence-corrected chi connectivity index (χ0v) is 16.4. The number of hydrogen-bond acceptors (Lipinski definition) is 5. The number of carbonyl (C=O) groups is 2. The molecule has 162 valence electrons. The number of carboxylic acid groups (broad SMARTS) is 1. The summed E-state index contributed by atoms with van der Waals surface area (Å²) in [5, 5.41) is 12.3. The van der Waals surface area contributed by atoms with Crippen molar-refractivity contribution in [3.63, 3.8) is 0 Å². The molecule has 0 unspecified atom stereocenters. The number of benzene rings is 1. The third-order valence-electron chi connectivity index (χ3n) is 5.29. The Morgan fingerprint density at radius 2 is 2.03 bits per heavy atom. The van der Waals surface area contributed by atoms with Gasteiger partial charge in [-0.05, 0) is 36.8 Å². The molecule has 2 amide bonds. The lowest BCUT2D eigenvalue weighted by atomic mass is 9.81. The van der Waals surface area contributed by atoms with Gasteiger partial charge in [-0.15, -0.1) is 8.78 Å². The third-order valence-corrected chi connectivity index (χ3v) is 5.29. The summed E-state index contributed by atoms with van der Waals surface area (Å²) in [4.78, 5) is 29.9. The number of carbonyl (C=O) groups excluding carboxylic acids is 1. The molecule has 2 aliphatic heterocycles. The van der Waals surface area contributed by atoms with E-state index < -0.39 is 36.3 Å². The minimum Gasteiger partial charge on any atom is -0.480 e. The fraction of sp³-hybridized carbons (Fsp3) is 0.286. The molecule has 0 saturated carbocycles. The fourth-order valence-corrected chi connectivity index (χ4v) is 3.72. The Kier molecular flexibility index (Phi) is 5.00. The Balaban J connectivity index is 1.44. The van der Waals surface area contributed by atoms with Gasteiger partial charge in [0.15, 0.2) is 11.5 Å². The summed E-state index contributed by atoms with van der Waals surface area (Å²) >= 11 is 0. The van der Waals surface area contributed by atoms with Crippen molar-refractivity contribution >= 4 is 12.0 Å². The summed E-state index contributed by atoms with van der Waals surface area (Å²) in [6.45, 7) is 5.51. The molecule has 8 nitrogen and oxygen atoms in total. The number of nitrogens with one attached hydrogen (secondary N) is 1. The van der Waals surface area contributed by atoms with E-state index in [4.69, 9.17) is 0 Å². The molecule has 0 radical (unpaired) electrons. The Morgan fingerprint density at radius 3 is 2.71 bits per heavy atom. The normalized spacial score (nSPS) is 21.9. The molecule has 10 heteroatoms. The van der Waals surface area contributed by atoms with Gasteiger partial charge in [0.2, 0.25) is 0 Å². The van der Waals surface area contributed by atoms with E-state index in [0.717, 1.165) is 4.90 Å². The number of aliphatic carboxylic acids is 1. The molecule has 1 saturated heterocycles. The molecule has 0 bridgehead atoms. The lowest BCUT2D eigenvalue weighted by molar-refractivity contribution is -0.286. The molecule has 1 aromatic carbocycles. The zero-order valence-electron chi connectivity index (χ0n) is 16.4. The number of pyridine rings is 1. The van der Waals surface area contributed by atoms with Crippen LogP contribution in [0.2, 0.25) is 0 Å². The molecule has 2 aromatic rings. The number of alkyl halides is 2. The third kappa shape index (κ3) is 3.88. The maximum absolute atomic E-state index is 13.2. The largest absolute Gasteiger partial charge is 0.586 e. The number of aromatic nitrogens is 1. The topological polar surface area (TPSA) is 101 Å². The second-order valence-corrected chi connectivity index (χ2v) is 7.32. The van der Waals surface area contributed by atoms with Gasteiger partial charge in [0.1, 0.15) is 6.04 Å². The standard InChI is InChI=1S/C21H19F2N3O5/c1-11(13-6-7-16-17(9-13)31-21(22,23)30-16)25-20(29)26-12(2)15(18(26)19(27)28)10-14-5-3-4-8-24-14/h3-9,11,15,18H,2,10H2,1H3,(H,25,29)(H,27,28)/t11-,15+,18+/m1/s1. The van der Waals surface area contributed by atoms with Crippen molar-refractivity contribution in [2.75, 3.05) is 0 Å². The number of hydrogen-bond donors (Lipinski definition) is 2. The van der Waals surface area contributed by atoms with Gasteiger partial charge in [-0.1, -0.05) is 18.7 Å². The Hall–Kier alpha value is -3.69. The van der Waals surface area contributed by atoms with Crippen molar-refractivity contribution in [3.05, 3.63) is 66.1 Å². The van der Waals surface area contributed by atoms with Gasteiger partial charge in [0.05, 0.1) is 6.04 Å². The first-order valence-corrected chi connectivity index (χ1v) is 9.47. The van der Waals surface area contributed by atoms with Crippen molar-refractivity contribution in [1.82, 2.24) is 15.2 Å². The van der Waals surface area contributed by atoms with Gasteiger partial charge in [0.25, 0.3) is 0 Å². The lowest BCUT2D eigenvalue weighted by Gasteiger charge is -2.47. The summed E-state index contributed by atoms with van der Waals surface area (Å²) < 4.78 is 35.2. The number of fused-ring (bicyclic) bond motifs is 1. The Morgan fingerprint density at radius 1 is 1.29 bits per heavy atom. The minimum atomic E-state index is -3.74. The van der Waals surface area contributed by atoms with Crippen LogP contribution in [0.5, 0.6) is 11.5 Å². The fourth-order valence-electron chi connectivity index (χ4n) is 3.72. The number of urea groups is 1. The van der Waals surface area contributed by atoms with E-state index >= 15 is 0 Å². The molecule has 2 N–H and O–H groups in total. The first-order valence-electron chi connectivity index (χ1n) is 9.47. The van der Waals surface area contributed by atoms with Gasteiger partial charge >= 0.3 is 18.3 Å². The van der Waals surface area contributed by atoms with Gasteiger partial charge in [-0.2, -0.15) is 0 Å². The number of amides is 2. The van der Waals surface area contributed by atoms with E-state index in [-0.39, 0.29) is 11.5 Å². The summed E-state index contributed by atoms with van der Waals surface area (Å²) in [6.07, 6.45) is -1.79. The average molecular weight is 431 g/mol. The first kappa shape index (κ1) is 20.6. The van der Waals surface area contributed by atoms with Crippen molar-refractivity contribution in [1.29, 1.82) is 0 Å². The molecule has 0 aliphatic carbocycles.